The summed E-state index contributed by atoms with van der Waals surface area (Å²) in [4.78, 5) is 0. The Morgan fingerprint density at radius 1 is 0.554 bits per heavy atom. The van der Waals surface area contributed by atoms with Crippen LogP contribution in [0, 0.1) is 58.2 Å². The van der Waals surface area contributed by atoms with E-state index in [1.54, 1.807) is 11.1 Å². The van der Waals surface area contributed by atoms with Gasteiger partial charge in [-0.3, -0.25) is 0 Å². The maximum absolute atomic E-state index is 10.0. The average molecular weight is 769 g/mol. The number of fused-ring (bicyclic) bond motifs is 2. The van der Waals surface area contributed by atoms with E-state index in [2.05, 4.69) is 92.9 Å². The Bertz CT molecular complexity index is 1330. The van der Waals surface area contributed by atoms with E-state index < -0.39 is 0 Å². The van der Waals surface area contributed by atoms with Crippen LogP contribution in [-0.4, -0.2) is 22.4 Å². The molecule has 0 bridgehead atoms. The Morgan fingerprint density at radius 2 is 0.946 bits per heavy atom. The van der Waals surface area contributed by atoms with Gasteiger partial charge in [-0.25, -0.2) is 0 Å². The first-order valence-electron chi connectivity index (χ1n) is 24.1. The maximum atomic E-state index is 10.0. The molecule has 0 amide bonds. The number of hydrogen-bond acceptors (Lipinski definition) is 2. The van der Waals surface area contributed by atoms with Crippen molar-refractivity contribution in [3.63, 3.8) is 0 Å². The molecule has 0 spiro atoms. The smallest absolute Gasteiger partial charge is 0.0583 e. The fraction of sp³-hybridized carbons (Fsp3) is 0.778. The summed E-state index contributed by atoms with van der Waals surface area (Å²) >= 11 is 0. The van der Waals surface area contributed by atoms with Crippen molar-refractivity contribution in [1.29, 1.82) is 0 Å². The van der Waals surface area contributed by atoms with Crippen LogP contribution in [-0.2, 0) is 0 Å². The van der Waals surface area contributed by atoms with Crippen LogP contribution in [0.2, 0.25) is 0 Å². The van der Waals surface area contributed by atoms with Crippen molar-refractivity contribution < 1.29 is 10.2 Å². The van der Waals surface area contributed by atoms with Gasteiger partial charge >= 0.3 is 0 Å². The molecule has 316 valence electrons. The van der Waals surface area contributed by atoms with E-state index in [-0.39, 0.29) is 12.2 Å². The molecule has 6 aliphatic rings. The zero-order valence-electron chi connectivity index (χ0n) is 37.9. The lowest BCUT2D eigenvalue weighted by molar-refractivity contribution is 0.0928. The van der Waals surface area contributed by atoms with Gasteiger partial charge in [0.1, 0.15) is 0 Å². The summed E-state index contributed by atoms with van der Waals surface area (Å²) in [6.45, 7) is 28.2. The Morgan fingerprint density at radius 3 is 1.32 bits per heavy atom. The molecule has 2 N–H and O–H groups in total. The topological polar surface area (TPSA) is 40.5 Å². The minimum absolute atomic E-state index is 0.172. The van der Waals surface area contributed by atoms with Crippen molar-refractivity contribution in [2.24, 2.45) is 58.2 Å². The van der Waals surface area contributed by atoms with Gasteiger partial charge < -0.3 is 10.2 Å². The second kappa shape index (κ2) is 20.6. The molecule has 0 radical (unpaired) electrons. The lowest BCUT2D eigenvalue weighted by Gasteiger charge is -2.44. The number of aliphatic hydroxyl groups excluding tert-OH is 2. The third kappa shape index (κ3) is 11.3. The predicted octanol–water partition coefficient (Wildman–Crippen LogP) is 15.2. The van der Waals surface area contributed by atoms with Crippen molar-refractivity contribution >= 4 is 0 Å². The first-order chi connectivity index (χ1) is 26.6. The molecule has 0 saturated heterocycles. The zero-order valence-corrected chi connectivity index (χ0v) is 37.9. The summed E-state index contributed by atoms with van der Waals surface area (Å²) in [5.41, 5.74) is 9.43. The number of rotatable bonds is 12. The molecule has 6 aliphatic carbocycles. The summed E-state index contributed by atoms with van der Waals surface area (Å²) in [5, 5.41) is 20.0. The van der Waals surface area contributed by atoms with E-state index in [0.29, 0.717) is 10.8 Å². The van der Waals surface area contributed by atoms with E-state index in [1.807, 2.05) is 0 Å². The number of allylic oxidation sites excluding steroid dienone is 8. The Labute approximate surface area is 347 Å². The Kier molecular flexibility index (Phi) is 16.7. The molecular weight excluding hydrogens is 681 g/mol. The fourth-order valence-corrected chi connectivity index (χ4v) is 13.3. The largest absolute Gasteiger partial charge is 0.393 e. The molecule has 6 saturated carbocycles. The molecule has 10 atom stereocenters. The van der Waals surface area contributed by atoms with Crippen LogP contribution in [0.25, 0.3) is 0 Å². The average Bonchev–Trinajstić information content (AvgIpc) is 3.69. The zero-order chi connectivity index (χ0) is 40.6. The monoisotopic (exact) mass is 769 g/mol. The van der Waals surface area contributed by atoms with Crippen molar-refractivity contribution in [1.82, 2.24) is 0 Å². The second-order valence-corrected chi connectivity index (χ2v) is 21.7. The predicted molar refractivity (Wildman–Crippen MR) is 242 cm³/mol. The van der Waals surface area contributed by atoms with Gasteiger partial charge in [0.15, 0.2) is 0 Å². The quantitative estimate of drug-likeness (QED) is 0.208. The van der Waals surface area contributed by atoms with Gasteiger partial charge in [0, 0.05) is 0 Å². The lowest BCUT2D eigenvalue weighted by Crippen LogP contribution is -2.36. The van der Waals surface area contributed by atoms with Crippen LogP contribution in [0.1, 0.15) is 197 Å². The summed E-state index contributed by atoms with van der Waals surface area (Å²) < 4.78 is 0. The highest BCUT2D eigenvalue weighted by molar-refractivity contribution is 5.37. The van der Waals surface area contributed by atoms with Crippen LogP contribution >= 0.6 is 0 Å². The van der Waals surface area contributed by atoms with Crippen molar-refractivity contribution in [3.8, 4) is 0 Å². The molecule has 0 aliphatic heterocycles. The molecule has 2 nitrogen and oxygen atoms in total. The molecular formula is C54H88O2. The van der Waals surface area contributed by atoms with Gasteiger partial charge in [0.05, 0.1) is 12.2 Å². The van der Waals surface area contributed by atoms with Crippen LogP contribution in [0.3, 0.4) is 0 Å². The molecule has 0 aromatic heterocycles. The van der Waals surface area contributed by atoms with E-state index in [9.17, 15) is 10.2 Å². The number of hydrogen-bond donors (Lipinski definition) is 2. The number of aliphatic hydroxyl groups is 2. The molecule has 0 aromatic rings. The van der Waals surface area contributed by atoms with E-state index >= 15 is 0 Å². The highest BCUT2D eigenvalue weighted by Crippen LogP contribution is 2.61. The van der Waals surface area contributed by atoms with E-state index in [0.717, 1.165) is 85.9 Å². The summed E-state index contributed by atoms with van der Waals surface area (Å²) in [6, 6.07) is 0. The summed E-state index contributed by atoms with van der Waals surface area (Å²) in [5.74, 6) is 6.74. The minimum atomic E-state index is -0.172. The van der Waals surface area contributed by atoms with E-state index in [1.165, 1.54) is 125 Å². The van der Waals surface area contributed by atoms with Gasteiger partial charge in [-0.05, 0) is 172 Å². The second-order valence-electron chi connectivity index (χ2n) is 21.7. The van der Waals surface area contributed by atoms with Gasteiger partial charge in [-0.1, -0.05) is 154 Å². The van der Waals surface area contributed by atoms with Crippen molar-refractivity contribution in [3.05, 3.63) is 70.9 Å². The highest BCUT2D eigenvalue weighted by atomic mass is 16.3. The normalized spacial score (nSPS) is 37.6. The first-order valence-corrected chi connectivity index (χ1v) is 24.1. The molecule has 6 rings (SSSR count). The van der Waals surface area contributed by atoms with Crippen LogP contribution in [0.5, 0.6) is 0 Å². The van der Waals surface area contributed by atoms with Crippen molar-refractivity contribution in [2.45, 2.75) is 209 Å². The summed E-state index contributed by atoms with van der Waals surface area (Å²) in [6.07, 6.45) is 36.4. The fourth-order valence-electron chi connectivity index (χ4n) is 13.3. The maximum Gasteiger partial charge on any atom is 0.0583 e. The van der Waals surface area contributed by atoms with Crippen LogP contribution in [0.4, 0.5) is 0 Å². The third-order valence-electron chi connectivity index (χ3n) is 16.7. The molecule has 4 unspecified atom stereocenters. The molecule has 0 aromatic carbocycles. The molecule has 56 heavy (non-hydrogen) atoms. The van der Waals surface area contributed by atoms with Gasteiger partial charge in [0.2, 0.25) is 0 Å². The highest BCUT2D eigenvalue weighted by Gasteiger charge is 2.51. The van der Waals surface area contributed by atoms with Gasteiger partial charge in [-0.15, -0.1) is 0 Å². The summed E-state index contributed by atoms with van der Waals surface area (Å²) in [7, 11) is 0. The lowest BCUT2D eigenvalue weighted by atomic mass is 9.60. The minimum Gasteiger partial charge on any atom is -0.393 e. The van der Waals surface area contributed by atoms with Gasteiger partial charge in [0.25, 0.3) is 0 Å². The van der Waals surface area contributed by atoms with Crippen LogP contribution in [0.15, 0.2) is 70.9 Å². The molecule has 0 heterocycles. The Hall–Kier alpha value is -1.64. The van der Waals surface area contributed by atoms with Crippen LogP contribution < -0.4 is 0 Å². The molecule has 6 fully saturated rings. The third-order valence-corrected chi connectivity index (χ3v) is 16.7. The SMILES string of the molecule is C=C1CCC(O)C/C1=C/C=C1\CCCC2(C)[C@@H]([C@H](C)CCCC(C)C)CC[C@@H]12.C=C1CCC(O)C/C1=C/C=C1\CCCC2(C)[C@@H]([C@H](C)CCCC(C)C)CC[C@@H]12. The van der Waals surface area contributed by atoms with Gasteiger partial charge in [-0.2, -0.15) is 0 Å². The molecule has 2 heteroatoms. The Balaban J connectivity index is 0.000000214. The first kappa shape index (κ1) is 45.4. The standard InChI is InChI=1S/2C27H44O/c2*1-19(2)8-6-9-21(4)25-15-16-26-22(10-7-17-27(25,26)5)12-13-23-18-24(28)14-11-20(23)3/h2*12-13,19,21,24-26,28H,3,6-11,14-18H2,1-2,4-5H3/b2*22-12+,23-13-/t2*21-,24?,25-,26+,27?/m11/s1. The van der Waals surface area contributed by atoms with Crippen molar-refractivity contribution in [2.75, 3.05) is 0 Å². The van der Waals surface area contributed by atoms with E-state index in [4.69, 9.17) is 0 Å².